The molecule has 0 aromatic carbocycles. The predicted octanol–water partition coefficient (Wildman–Crippen LogP) is 1.63. The van der Waals surface area contributed by atoms with Crippen molar-refractivity contribution in [2.75, 3.05) is 18.5 Å². The van der Waals surface area contributed by atoms with Crippen LogP contribution in [0.2, 0.25) is 0 Å². The van der Waals surface area contributed by atoms with E-state index in [0.717, 1.165) is 5.69 Å². The van der Waals surface area contributed by atoms with Gasteiger partial charge < -0.3 is 14.6 Å². The van der Waals surface area contributed by atoms with Crippen molar-refractivity contribution in [3.05, 3.63) is 12.0 Å². The maximum absolute atomic E-state index is 12.1. The Morgan fingerprint density at radius 1 is 1.62 bits per heavy atom. The maximum atomic E-state index is 12.1. The van der Waals surface area contributed by atoms with E-state index >= 15 is 0 Å². The van der Waals surface area contributed by atoms with E-state index in [9.17, 15) is 8.78 Å². The molecule has 4 nitrogen and oxygen atoms in total. The molecule has 1 saturated carbocycles. The topological polar surface area (TPSA) is 41.3 Å². The van der Waals surface area contributed by atoms with Crippen LogP contribution in [0.5, 0.6) is 0 Å². The molecule has 1 aliphatic carbocycles. The van der Waals surface area contributed by atoms with E-state index in [0.29, 0.717) is 12.6 Å². The van der Waals surface area contributed by atoms with Crippen LogP contribution in [0.15, 0.2) is 10.7 Å². The summed E-state index contributed by atoms with van der Waals surface area (Å²) in [5, 5.41) is 3.28. The molecule has 1 aromatic rings. The molecule has 6 heteroatoms. The zero-order valence-corrected chi connectivity index (χ0v) is 9.12. The number of oxazole rings is 1. The van der Waals surface area contributed by atoms with Crippen LogP contribution in [0.1, 0.15) is 18.5 Å². The number of nitrogens with one attached hydrogen (secondary N) is 1. The summed E-state index contributed by atoms with van der Waals surface area (Å²) in [5.41, 5.74) is 0.753. The molecule has 0 saturated heterocycles. The SMILES string of the molecule is CN(CC(F)F)c1nc(CNC2CC2)co1. The fourth-order valence-electron chi connectivity index (χ4n) is 1.37. The van der Waals surface area contributed by atoms with Crippen LogP contribution < -0.4 is 10.2 Å². The van der Waals surface area contributed by atoms with Crippen molar-refractivity contribution in [2.24, 2.45) is 0 Å². The second kappa shape index (κ2) is 4.78. The van der Waals surface area contributed by atoms with Gasteiger partial charge >= 0.3 is 0 Å². The maximum Gasteiger partial charge on any atom is 0.297 e. The summed E-state index contributed by atoms with van der Waals surface area (Å²) in [7, 11) is 1.54. The Balaban J connectivity index is 1.84. The van der Waals surface area contributed by atoms with Gasteiger partial charge in [0.25, 0.3) is 12.4 Å². The van der Waals surface area contributed by atoms with E-state index < -0.39 is 6.43 Å². The van der Waals surface area contributed by atoms with Gasteiger partial charge in [0, 0.05) is 19.6 Å². The minimum Gasteiger partial charge on any atom is -0.432 e. The zero-order chi connectivity index (χ0) is 11.5. The fourth-order valence-corrected chi connectivity index (χ4v) is 1.37. The van der Waals surface area contributed by atoms with E-state index in [1.165, 1.54) is 31.1 Å². The third kappa shape index (κ3) is 3.16. The van der Waals surface area contributed by atoms with Crippen LogP contribution in [0.3, 0.4) is 0 Å². The van der Waals surface area contributed by atoms with E-state index in [4.69, 9.17) is 4.42 Å². The molecule has 0 atom stereocenters. The minimum absolute atomic E-state index is 0.243. The Morgan fingerprint density at radius 2 is 2.38 bits per heavy atom. The molecule has 2 rings (SSSR count). The second-order valence-electron chi connectivity index (χ2n) is 4.05. The molecule has 0 bridgehead atoms. The van der Waals surface area contributed by atoms with Gasteiger partial charge in [-0.3, -0.25) is 0 Å². The smallest absolute Gasteiger partial charge is 0.297 e. The van der Waals surface area contributed by atoms with Gasteiger partial charge in [-0.25, -0.2) is 8.78 Å². The minimum atomic E-state index is -2.38. The lowest BCUT2D eigenvalue weighted by Gasteiger charge is -2.12. The predicted molar refractivity (Wildman–Crippen MR) is 55.6 cm³/mol. The van der Waals surface area contributed by atoms with Gasteiger partial charge in [-0.1, -0.05) is 0 Å². The first-order valence-corrected chi connectivity index (χ1v) is 5.32. The highest BCUT2D eigenvalue weighted by Gasteiger charge is 2.21. The van der Waals surface area contributed by atoms with E-state index in [-0.39, 0.29) is 12.6 Å². The van der Waals surface area contributed by atoms with Crippen molar-refractivity contribution >= 4 is 6.01 Å². The van der Waals surface area contributed by atoms with E-state index in [1.807, 2.05) is 0 Å². The molecular weight excluding hydrogens is 216 g/mol. The Hall–Kier alpha value is -1.17. The van der Waals surface area contributed by atoms with Gasteiger partial charge in [-0.15, -0.1) is 0 Å². The highest BCUT2D eigenvalue weighted by atomic mass is 19.3. The molecule has 0 aliphatic heterocycles. The van der Waals surface area contributed by atoms with Crippen LogP contribution in [-0.2, 0) is 6.54 Å². The van der Waals surface area contributed by atoms with Crippen molar-refractivity contribution < 1.29 is 13.2 Å². The monoisotopic (exact) mass is 231 g/mol. The Labute approximate surface area is 92.6 Å². The number of aromatic nitrogens is 1. The first-order valence-electron chi connectivity index (χ1n) is 5.32. The number of rotatable bonds is 6. The van der Waals surface area contributed by atoms with Crippen molar-refractivity contribution in [3.8, 4) is 0 Å². The first-order chi connectivity index (χ1) is 7.65. The van der Waals surface area contributed by atoms with Crippen LogP contribution in [-0.4, -0.2) is 31.0 Å². The number of alkyl halides is 2. The average molecular weight is 231 g/mol. The van der Waals surface area contributed by atoms with Crippen molar-refractivity contribution in [1.29, 1.82) is 0 Å². The Bertz CT molecular complexity index is 339. The van der Waals surface area contributed by atoms with Crippen LogP contribution in [0.4, 0.5) is 14.8 Å². The molecule has 90 valence electrons. The lowest BCUT2D eigenvalue weighted by atomic mass is 10.4. The van der Waals surface area contributed by atoms with Gasteiger partial charge in [0.15, 0.2) is 0 Å². The number of hydrogen-bond donors (Lipinski definition) is 1. The van der Waals surface area contributed by atoms with E-state index in [1.54, 1.807) is 0 Å². The van der Waals surface area contributed by atoms with E-state index in [2.05, 4.69) is 10.3 Å². The summed E-state index contributed by atoms with van der Waals surface area (Å²) in [6.07, 6.45) is 1.53. The molecular formula is C10H15F2N3O. The average Bonchev–Trinajstić information content (AvgIpc) is 2.92. The highest BCUT2D eigenvalue weighted by Crippen LogP contribution is 2.20. The van der Waals surface area contributed by atoms with Crippen molar-refractivity contribution in [2.45, 2.75) is 31.9 Å². The summed E-state index contributed by atoms with van der Waals surface area (Å²) in [6.45, 7) is 0.271. The molecule has 0 amide bonds. The third-order valence-corrected chi connectivity index (χ3v) is 2.43. The Morgan fingerprint density at radius 3 is 3.00 bits per heavy atom. The Kier molecular flexibility index (Phi) is 3.38. The summed E-state index contributed by atoms with van der Waals surface area (Å²) < 4.78 is 29.4. The quantitative estimate of drug-likeness (QED) is 0.808. The molecule has 1 N–H and O–H groups in total. The molecule has 0 unspecified atom stereocenters. The van der Waals surface area contributed by atoms with Crippen molar-refractivity contribution in [3.63, 3.8) is 0 Å². The summed E-state index contributed by atoms with van der Waals surface area (Å²) in [6, 6.07) is 0.840. The second-order valence-corrected chi connectivity index (χ2v) is 4.05. The summed E-state index contributed by atoms with van der Waals surface area (Å²) in [5.74, 6) is 0. The lowest BCUT2D eigenvalue weighted by molar-refractivity contribution is 0.155. The highest BCUT2D eigenvalue weighted by molar-refractivity contribution is 5.25. The number of anilines is 1. The number of halogens is 2. The fraction of sp³-hybridized carbons (Fsp3) is 0.700. The molecule has 16 heavy (non-hydrogen) atoms. The van der Waals surface area contributed by atoms with Gasteiger partial charge in [0.1, 0.15) is 6.26 Å². The number of nitrogens with zero attached hydrogens (tertiary/aromatic N) is 2. The van der Waals surface area contributed by atoms with Gasteiger partial charge in [0.05, 0.1) is 12.2 Å². The molecule has 1 aliphatic rings. The largest absolute Gasteiger partial charge is 0.432 e. The van der Waals surface area contributed by atoms with Crippen LogP contribution in [0, 0.1) is 0 Å². The molecule has 0 radical (unpaired) electrons. The van der Waals surface area contributed by atoms with Crippen LogP contribution in [0.25, 0.3) is 0 Å². The van der Waals surface area contributed by atoms with Gasteiger partial charge in [-0.05, 0) is 12.8 Å². The van der Waals surface area contributed by atoms with Gasteiger partial charge in [0.2, 0.25) is 0 Å². The lowest BCUT2D eigenvalue weighted by Crippen LogP contribution is -2.24. The van der Waals surface area contributed by atoms with Crippen LogP contribution >= 0.6 is 0 Å². The first kappa shape index (κ1) is 11.3. The third-order valence-electron chi connectivity index (χ3n) is 2.43. The standard InChI is InChI=1S/C10H15F2N3O/c1-15(5-9(11)12)10-14-8(6-16-10)4-13-7-2-3-7/h6-7,9,13H,2-5H2,1H3. The molecule has 1 heterocycles. The summed E-state index contributed by atoms with van der Waals surface area (Å²) >= 11 is 0. The zero-order valence-electron chi connectivity index (χ0n) is 9.12. The normalized spacial score (nSPS) is 15.8. The molecule has 1 aromatic heterocycles. The molecule has 1 fully saturated rings. The summed E-state index contributed by atoms with van der Waals surface area (Å²) in [4.78, 5) is 5.44. The number of hydrogen-bond acceptors (Lipinski definition) is 4. The molecule has 0 spiro atoms. The van der Waals surface area contributed by atoms with Gasteiger partial charge in [-0.2, -0.15) is 4.98 Å². The van der Waals surface area contributed by atoms with Crippen molar-refractivity contribution in [1.82, 2.24) is 10.3 Å².